The van der Waals surface area contributed by atoms with Crippen LogP contribution in [0.3, 0.4) is 0 Å². The fraction of sp³-hybridized carbons (Fsp3) is 0.917. The smallest absolute Gasteiger partial charge is 0.146 e. The van der Waals surface area contributed by atoms with Crippen molar-refractivity contribution in [1.82, 2.24) is 0 Å². The van der Waals surface area contributed by atoms with E-state index in [0.717, 1.165) is 6.54 Å². The number of alkyl halides is 2. The molecule has 0 aromatic carbocycles. The lowest BCUT2D eigenvalue weighted by atomic mass is 10.1. The van der Waals surface area contributed by atoms with E-state index in [9.17, 15) is 9.90 Å². The van der Waals surface area contributed by atoms with E-state index < -0.39 is 10.8 Å². The van der Waals surface area contributed by atoms with Crippen molar-refractivity contribution in [3.8, 4) is 0 Å². The number of carbonyl (C=O) groups is 1. The van der Waals surface area contributed by atoms with Gasteiger partial charge in [0, 0.05) is 0 Å². The Labute approximate surface area is 115 Å². The molecule has 0 rings (SSSR count). The molecule has 0 aliphatic heterocycles. The SMILES string of the molecule is CCCCCCCCCC[NH3+].O=C([O-])C(Cl)Cl. The summed E-state index contributed by atoms with van der Waals surface area (Å²) in [6, 6.07) is 0. The zero-order valence-electron chi connectivity index (χ0n) is 10.7. The Balaban J connectivity index is 0. The van der Waals surface area contributed by atoms with E-state index >= 15 is 0 Å². The number of rotatable bonds is 9. The summed E-state index contributed by atoms with van der Waals surface area (Å²) in [6.07, 6.45) is 11.3. The number of quaternary nitrogens is 1. The molecular weight excluding hydrogens is 261 g/mol. The first-order chi connectivity index (χ1) is 8.06. The van der Waals surface area contributed by atoms with Gasteiger partial charge in [-0.1, -0.05) is 68.7 Å². The summed E-state index contributed by atoms with van der Waals surface area (Å²) in [7, 11) is 0. The van der Waals surface area contributed by atoms with Crippen molar-refractivity contribution in [1.29, 1.82) is 0 Å². The molecular formula is C12H25Cl2NO2. The Morgan fingerprint density at radius 3 is 1.71 bits per heavy atom. The van der Waals surface area contributed by atoms with Crippen LogP contribution in [0.25, 0.3) is 0 Å². The van der Waals surface area contributed by atoms with Crippen LogP contribution in [0.1, 0.15) is 58.3 Å². The second-order valence-electron chi connectivity index (χ2n) is 3.95. The van der Waals surface area contributed by atoms with Gasteiger partial charge in [-0.2, -0.15) is 0 Å². The van der Waals surface area contributed by atoms with Gasteiger partial charge < -0.3 is 15.6 Å². The normalized spacial score (nSPS) is 9.94. The quantitative estimate of drug-likeness (QED) is 0.519. The number of halogens is 2. The van der Waals surface area contributed by atoms with Crippen molar-refractivity contribution in [2.45, 2.75) is 63.1 Å². The standard InChI is InChI=1S/C10H23N.C2H2Cl2O2/c1-2-3-4-5-6-7-8-9-10-11;3-1(4)2(5)6/h2-11H2,1H3;1H,(H,5,6). The molecule has 104 valence electrons. The van der Waals surface area contributed by atoms with Gasteiger partial charge >= 0.3 is 0 Å². The number of hydrogen-bond donors (Lipinski definition) is 1. The molecule has 0 aromatic heterocycles. The Morgan fingerprint density at radius 1 is 1.06 bits per heavy atom. The minimum Gasteiger partial charge on any atom is -0.547 e. The number of hydrogen-bond acceptors (Lipinski definition) is 2. The van der Waals surface area contributed by atoms with E-state index in [2.05, 4.69) is 12.7 Å². The van der Waals surface area contributed by atoms with Crippen molar-refractivity contribution in [2.24, 2.45) is 0 Å². The highest BCUT2D eigenvalue weighted by atomic mass is 35.5. The number of aliphatic carboxylic acids is 1. The fourth-order valence-electron chi connectivity index (χ4n) is 1.31. The van der Waals surface area contributed by atoms with Crippen LogP contribution in [0.5, 0.6) is 0 Å². The summed E-state index contributed by atoms with van der Waals surface area (Å²) in [4.78, 5) is 7.93. The number of carbonyl (C=O) groups excluding carboxylic acids is 1. The van der Waals surface area contributed by atoms with Crippen molar-refractivity contribution in [3.05, 3.63) is 0 Å². The Kier molecular flexibility index (Phi) is 18.2. The van der Waals surface area contributed by atoms with Crippen LogP contribution in [0.15, 0.2) is 0 Å². The molecule has 0 saturated heterocycles. The van der Waals surface area contributed by atoms with Crippen molar-refractivity contribution in [2.75, 3.05) is 6.54 Å². The minimum absolute atomic E-state index is 1.12. The summed E-state index contributed by atoms with van der Waals surface area (Å²) < 4.78 is 0. The molecule has 0 amide bonds. The molecule has 0 fully saturated rings. The molecule has 17 heavy (non-hydrogen) atoms. The van der Waals surface area contributed by atoms with E-state index in [1.807, 2.05) is 0 Å². The highest BCUT2D eigenvalue weighted by Crippen LogP contribution is 2.07. The highest BCUT2D eigenvalue weighted by Gasteiger charge is 1.93. The lowest BCUT2D eigenvalue weighted by molar-refractivity contribution is -0.368. The monoisotopic (exact) mass is 285 g/mol. The molecule has 0 unspecified atom stereocenters. The molecule has 0 aliphatic rings. The first kappa shape index (κ1) is 19.4. The van der Waals surface area contributed by atoms with Gasteiger partial charge in [-0.15, -0.1) is 0 Å². The molecule has 0 bridgehead atoms. The first-order valence-electron chi connectivity index (χ1n) is 6.34. The van der Waals surface area contributed by atoms with E-state index in [1.165, 1.54) is 51.4 Å². The van der Waals surface area contributed by atoms with Gasteiger partial charge in [-0.3, -0.25) is 0 Å². The van der Waals surface area contributed by atoms with Crippen LogP contribution in [-0.4, -0.2) is 17.4 Å². The van der Waals surface area contributed by atoms with Crippen LogP contribution in [0.4, 0.5) is 0 Å². The summed E-state index contributed by atoms with van der Waals surface area (Å²) in [6.45, 7) is 3.39. The van der Waals surface area contributed by atoms with Crippen LogP contribution in [-0.2, 0) is 4.79 Å². The molecule has 0 saturated carbocycles. The molecule has 5 heteroatoms. The zero-order chi connectivity index (χ0) is 13.5. The zero-order valence-corrected chi connectivity index (χ0v) is 12.2. The maximum Gasteiger partial charge on any atom is 0.146 e. The van der Waals surface area contributed by atoms with E-state index in [-0.39, 0.29) is 0 Å². The third kappa shape index (κ3) is 21.8. The molecule has 0 aromatic rings. The predicted molar refractivity (Wildman–Crippen MR) is 70.9 cm³/mol. The fourth-order valence-corrected chi connectivity index (χ4v) is 1.31. The summed E-state index contributed by atoms with van der Waals surface area (Å²) >= 11 is 9.43. The van der Waals surface area contributed by atoms with Gasteiger partial charge in [0.25, 0.3) is 0 Å². The average molecular weight is 286 g/mol. The minimum atomic E-state index is -1.46. The second-order valence-corrected chi connectivity index (χ2v) is 5.04. The molecule has 0 spiro atoms. The maximum absolute atomic E-state index is 9.32. The van der Waals surface area contributed by atoms with Crippen LogP contribution in [0.2, 0.25) is 0 Å². The van der Waals surface area contributed by atoms with Crippen LogP contribution >= 0.6 is 23.2 Å². The first-order valence-corrected chi connectivity index (χ1v) is 7.21. The lowest BCUT2D eigenvalue weighted by Crippen LogP contribution is -2.50. The summed E-state index contributed by atoms with van der Waals surface area (Å²) in [5.74, 6) is -1.46. The van der Waals surface area contributed by atoms with E-state index in [0.29, 0.717) is 0 Å². The van der Waals surface area contributed by atoms with E-state index in [1.54, 1.807) is 0 Å². The highest BCUT2D eigenvalue weighted by molar-refractivity contribution is 6.52. The largest absolute Gasteiger partial charge is 0.547 e. The average Bonchev–Trinajstić information content (AvgIpc) is 2.29. The maximum atomic E-state index is 9.32. The second kappa shape index (κ2) is 16.0. The van der Waals surface area contributed by atoms with Gasteiger partial charge in [0.2, 0.25) is 0 Å². The van der Waals surface area contributed by atoms with Gasteiger partial charge in [0.05, 0.1) is 12.5 Å². The van der Waals surface area contributed by atoms with Gasteiger partial charge in [0.15, 0.2) is 0 Å². The Morgan fingerprint density at radius 2 is 1.41 bits per heavy atom. The molecule has 3 N–H and O–H groups in total. The topological polar surface area (TPSA) is 67.8 Å². The van der Waals surface area contributed by atoms with Crippen LogP contribution in [0, 0.1) is 0 Å². The molecule has 0 aliphatic carbocycles. The van der Waals surface area contributed by atoms with Gasteiger partial charge in [0.1, 0.15) is 4.84 Å². The summed E-state index contributed by atoms with van der Waals surface area (Å²) in [5.41, 5.74) is 3.83. The molecule has 0 atom stereocenters. The van der Waals surface area contributed by atoms with Gasteiger partial charge in [-0.05, 0) is 12.8 Å². The number of carboxylic acids is 1. The lowest BCUT2D eigenvalue weighted by Gasteiger charge is -1.98. The van der Waals surface area contributed by atoms with E-state index in [4.69, 9.17) is 23.2 Å². The third-order valence-corrected chi connectivity index (χ3v) is 2.64. The number of unbranched alkanes of at least 4 members (excludes halogenated alkanes) is 7. The molecule has 0 radical (unpaired) electrons. The van der Waals surface area contributed by atoms with Crippen molar-refractivity contribution in [3.63, 3.8) is 0 Å². The Bertz CT molecular complexity index is 159. The van der Waals surface area contributed by atoms with Crippen molar-refractivity contribution < 1.29 is 15.6 Å². The number of carboxylic acid groups (broad SMARTS) is 1. The van der Waals surface area contributed by atoms with Gasteiger partial charge in [-0.25, -0.2) is 0 Å². The Hall–Kier alpha value is 0.01000. The predicted octanol–water partition coefficient (Wildman–Crippen LogP) is 1.91. The molecule has 0 heterocycles. The third-order valence-electron chi connectivity index (χ3n) is 2.28. The molecule has 3 nitrogen and oxygen atoms in total. The summed E-state index contributed by atoms with van der Waals surface area (Å²) in [5, 5.41) is 9.32. The van der Waals surface area contributed by atoms with Crippen LogP contribution < -0.4 is 10.8 Å². The van der Waals surface area contributed by atoms with Crippen molar-refractivity contribution >= 4 is 29.2 Å².